The summed E-state index contributed by atoms with van der Waals surface area (Å²) < 4.78 is 0. The first-order chi connectivity index (χ1) is 14.0. The molecule has 4 aromatic rings. The highest BCUT2D eigenvalue weighted by Gasteiger charge is 2.24. The smallest absolute Gasteiger partial charge is 0.0146 e. The molecule has 4 aromatic carbocycles. The number of hydrogen-bond acceptors (Lipinski definition) is 0. The first-order valence-electron chi connectivity index (χ1n) is 10.3. The Morgan fingerprint density at radius 2 is 0.862 bits per heavy atom. The summed E-state index contributed by atoms with van der Waals surface area (Å²) in [7, 11) is 0. The standard InChI is InChI=1S/C29H28/c1-21-19-25(15-17-27(21)23-11-7-5-8-12-23)29(3,4)26-16-18-28(22(2)20-26)24-13-9-6-10-14-24/h5-20H,1-4H3. The second-order valence-electron chi connectivity index (χ2n) is 8.42. The molecule has 0 unspecified atom stereocenters. The molecule has 0 aliphatic heterocycles. The van der Waals surface area contributed by atoms with Crippen LogP contribution in [0.25, 0.3) is 22.3 Å². The summed E-state index contributed by atoms with van der Waals surface area (Å²) in [4.78, 5) is 0. The van der Waals surface area contributed by atoms with E-state index >= 15 is 0 Å². The predicted octanol–water partition coefficient (Wildman–Crippen LogP) is 7.96. The molecule has 0 aromatic heterocycles. The Hall–Kier alpha value is -3.12. The summed E-state index contributed by atoms with van der Waals surface area (Å²) in [6.45, 7) is 9.07. The van der Waals surface area contributed by atoms with Gasteiger partial charge in [0.05, 0.1) is 0 Å². The Kier molecular flexibility index (Phi) is 5.11. The fourth-order valence-corrected chi connectivity index (χ4v) is 4.15. The third-order valence-corrected chi connectivity index (χ3v) is 6.07. The van der Waals surface area contributed by atoms with Crippen LogP contribution in [-0.4, -0.2) is 0 Å². The summed E-state index contributed by atoms with van der Waals surface area (Å²) >= 11 is 0. The van der Waals surface area contributed by atoms with E-state index in [0.717, 1.165) is 0 Å². The van der Waals surface area contributed by atoms with Crippen LogP contribution in [-0.2, 0) is 5.41 Å². The van der Waals surface area contributed by atoms with Gasteiger partial charge in [-0.3, -0.25) is 0 Å². The van der Waals surface area contributed by atoms with Crippen LogP contribution in [0.5, 0.6) is 0 Å². The van der Waals surface area contributed by atoms with Crippen molar-refractivity contribution in [3.8, 4) is 22.3 Å². The Balaban J connectivity index is 1.70. The maximum Gasteiger partial charge on any atom is 0.0146 e. The first-order valence-corrected chi connectivity index (χ1v) is 10.3. The molecule has 0 atom stereocenters. The molecule has 0 nitrogen and oxygen atoms in total. The molecule has 4 rings (SSSR count). The van der Waals surface area contributed by atoms with Gasteiger partial charge in [0.2, 0.25) is 0 Å². The topological polar surface area (TPSA) is 0 Å². The Labute approximate surface area is 174 Å². The second-order valence-corrected chi connectivity index (χ2v) is 8.42. The number of rotatable bonds is 4. The van der Waals surface area contributed by atoms with Gasteiger partial charge in [0, 0.05) is 5.41 Å². The van der Waals surface area contributed by atoms with Crippen molar-refractivity contribution in [1.82, 2.24) is 0 Å². The molecular weight excluding hydrogens is 348 g/mol. The highest BCUT2D eigenvalue weighted by molar-refractivity contribution is 5.69. The zero-order valence-electron chi connectivity index (χ0n) is 17.7. The monoisotopic (exact) mass is 376 g/mol. The summed E-state index contributed by atoms with van der Waals surface area (Å²) in [6.07, 6.45) is 0. The molecule has 0 spiro atoms. The molecule has 0 radical (unpaired) electrons. The van der Waals surface area contributed by atoms with Crippen molar-refractivity contribution >= 4 is 0 Å². The Morgan fingerprint density at radius 3 is 1.21 bits per heavy atom. The van der Waals surface area contributed by atoms with E-state index in [9.17, 15) is 0 Å². The Bertz CT molecular complexity index is 1030. The average molecular weight is 377 g/mol. The van der Waals surface area contributed by atoms with E-state index in [2.05, 4.69) is 125 Å². The van der Waals surface area contributed by atoms with Crippen molar-refractivity contribution in [2.45, 2.75) is 33.1 Å². The lowest BCUT2D eigenvalue weighted by Crippen LogP contribution is -2.19. The van der Waals surface area contributed by atoms with Crippen LogP contribution in [0, 0.1) is 13.8 Å². The van der Waals surface area contributed by atoms with Gasteiger partial charge in [-0.1, -0.05) is 111 Å². The van der Waals surface area contributed by atoms with Gasteiger partial charge in [0.1, 0.15) is 0 Å². The zero-order chi connectivity index (χ0) is 20.4. The van der Waals surface area contributed by atoms with Gasteiger partial charge in [-0.25, -0.2) is 0 Å². The highest BCUT2D eigenvalue weighted by atomic mass is 14.3. The fraction of sp³-hybridized carbons (Fsp3) is 0.172. The molecule has 29 heavy (non-hydrogen) atoms. The van der Waals surface area contributed by atoms with Crippen molar-refractivity contribution in [3.05, 3.63) is 119 Å². The molecule has 0 saturated heterocycles. The number of benzene rings is 4. The van der Waals surface area contributed by atoms with Crippen LogP contribution in [0.4, 0.5) is 0 Å². The van der Waals surface area contributed by atoms with Crippen molar-refractivity contribution in [3.63, 3.8) is 0 Å². The van der Waals surface area contributed by atoms with Crippen LogP contribution in [0.1, 0.15) is 36.1 Å². The van der Waals surface area contributed by atoms with Crippen molar-refractivity contribution in [2.75, 3.05) is 0 Å². The fourth-order valence-electron chi connectivity index (χ4n) is 4.15. The lowest BCUT2D eigenvalue weighted by atomic mass is 9.76. The minimum atomic E-state index is -0.0556. The molecule has 0 N–H and O–H groups in total. The molecule has 0 amide bonds. The largest absolute Gasteiger partial charge is 0.0622 e. The van der Waals surface area contributed by atoms with E-state index in [4.69, 9.17) is 0 Å². The first kappa shape index (κ1) is 19.2. The number of aryl methyl sites for hydroxylation is 2. The highest BCUT2D eigenvalue weighted by Crippen LogP contribution is 2.36. The molecule has 144 valence electrons. The van der Waals surface area contributed by atoms with Gasteiger partial charge in [-0.15, -0.1) is 0 Å². The van der Waals surface area contributed by atoms with Gasteiger partial charge >= 0.3 is 0 Å². The SMILES string of the molecule is Cc1cc(C(C)(C)c2ccc(-c3ccccc3)c(C)c2)ccc1-c1ccccc1. The van der Waals surface area contributed by atoms with E-state index in [1.807, 2.05) is 0 Å². The summed E-state index contributed by atoms with van der Waals surface area (Å²) in [6, 6.07) is 35.1. The van der Waals surface area contributed by atoms with Gasteiger partial charge in [0.25, 0.3) is 0 Å². The molecule has 0 bridgehead atoms. The Morgan fingerprint density at radius 1 is 0.483 bits per heavy atom. The van der Waals surface area contributed by atoms with E-state index in [1.165, 1.54) is 44.5 Å². The summed E-state index contributed by atoms with van der Waals surface area (Å²) in [5.41, 5.74) is 10.4. The summed E-state index contributed by atoms with van der Waals surface area (Å²) in [5.74, 6) is 0. The molecule has 0 heteroatoms. The van der Waals surface area contributed by atoms with E-state index in [0.29, 0.717) is 0 Å². The van der Waals surface area contributed by atoms with Gasteiger partial charge in [-0.2, -0.15) is 0 Å². The van der Waals surface area contributed by atoms with Crippen LogP contribution >= 0.6 is 0 Å². The van der Waals surface area contributed by atoms with E-state index in [1.54, 1.807) is 0 Å². The zero-order valence-corrected chi connectivity index (χ0v) is 17.7. The third kappa shape index (κ3) is 3.76. The van der Waals surface area contributed by atoms with Crippen LogP contribution < -0.4 is 0 Å². The minimum Gasteiger partial charge on any atom is -0.0622 e. The lowest BCUT2D eigenvalue weighted by Gasteiger charge is -2.28. The lowest BCUT2D eigenvalue weighted by molar-refractivity contribution is 0.640. The van der Waals surface area contributed by atoms with Crippen LogP contribution in [0.3, 0.4) is 0 Å². The molecule has 0 saturated carbocycles. The minimum absolute atomic E-state index is 0.0556. The van der Waals surface area contributed by atoms with Gasteiger partial charge in [-0.05, 0) is 58.4 Å². The van der Waals surface area contributed by atoms with Crippen LogP contribution in [0.15, 0.2) is 97.1 Å². The van der Waals surface area contributed by atoms with E-state index < -0.39 is 0 Å². The van der Waals surface area contributed by atoms with Gasteiger partial charge in [0.15, 0.2) is 0 Å². The normalized spacial score (nSPS) is 11.4. The maximum absolute atomic E-state index is 2.35. The van der Waals surface area contributed by atoms with Crippen molar-refractivity contribution < 1.29 is 0 Å². The van der Waals surface area contributed by atoms with Crippen LogP contribution in [0.2, 0.25) is 0 Å². The van der Waals surface area contributed by atoms with Gasteiger partial charge < -0.3 is 0 Å². The maximum atomic E-state index is 2.35. The molecule has 0 heterocycles. The molecule has 0 fully saturated rings. The second kappa shape index (κ2) is 7.72. The third-order valence-electron chi connectivity index (χ3n) is 6.07. The number of hydrogen-bond donors (Lipinski definition) is 0. The van der Waals surface area contributed by atoms with E-state index in [-0.39, 0.29) is 5.41 Å². The van der Waals surface area contributed by atoms with Crippen molar-refractivity contribution in [1.29, 1.82) is 0 Å². The van der Waals surface area contributed by atoms with Crippen molar-refractivity contribution in [2.24, 2.45) is 0 Å². The molecule has 0 aliphatic carbocycles. The summed E-state index contributed by atoms with van der Waals surface area (Å²) in [5, 5.41) is 0. The molecular formula is C29H28. The quantitative estimate of drug-likeness (QED) is 0.339. The average Bonchev–Trinajstić information content (AvgIpc) is 2.75. The predicted molar refractivity (Wildman–Crippen MR) is 125 cm³/mol. The molecule has 0 aliphatic rings.